The Hall–Kier alpha value is -7.22. The topological polar surface area (TPSA) is 3.24 Å². The minimum absolute atomic E-state index is 0.00445. The molecule has 10 rings (SSSR count). The average Bonchev–Trinajstić information content (AvgIpc) is 3.89. The van der Waals surface area contributed by atoms with Crippen LogP contribution in [0.2, 0.25) is 0 Å². The SMILES string of the molecule is CC(C)(C)c1cc(-c2cc(-c3cc(C(C)(C)C)cc(N(c4ccc5c(c4)C(C)(C)c4ccccc4-5)c4ccccc4-c4ccccc4)c3-c3ccccc3)cc(C(C)(C)C)c2)cc(-c2cc(C(C)(C)C)cc(C(C)(C)C)c2)c1. The van der Waals surface area contributed by atoms with E-state index in [0.717, 1.165) is 17.1 Å². The van der Waals surface area contributed by atoms with Crippen LogP contribution in [0.1, 0.15) is 157 Å². The van der Waals surface area contributed by atoms with Crippen LogP contribution in [0.15, 0.2) is 194 Å². The molecular weight excluding hydrogens is 939 g/mol. The van der Waals surface area contributed by atoms with Gasteiger partial charge >= 0.3 is 0 Å². The molecule has 0 saturated heterocycles. The fourth-order valence-electron chi connectivity index (χ4n) is 11.6. The van der Waals surface area contributed by atoms with Crippen molar-refractivity contribution in [2.45, 2.75) is 150 Å². The van der Waals surface area contributed by atoms with Crippen LogP contribution in [-0.2, 0) is 32.5 Å². The van der Waals surface area contributed by atoms with Gasteiger partial charge in [0.05, 0.1) is 11.4 Å². The predicted molar refractivity (Wildman–Crippen MR) is 339 cm³/mol. The van der Waals surface area contributed by atoms with E-state index in [4.69, 9.17) is 0 Å². The highest BCUT2D eigenvalue weighted by molar-refractivity contribution is 6.01. The summed E-state index contributed by atoms with van der Waals surface area (Å²) in [6.07, 6.45) is 0. The molecule has 1 heteroatoms. The Morgan fingerprint density at radius 1 is 0.269 bits per heavy atom. The van der Waals surface area contributed by atoms with Gasteiger partial charge < -0.3 is 4.90 Å². The average molecular weight is 1020 g/mol. The molecule has 0 spiro atoms. The van der Waals surface area contributed by atoms with Gasteiger partial charge in [0, 0.05) is 22.2 Å². The molecule has 0 atom stereocenters. The summed E-state index contributed by atoms with van der Waals surface area (Å²) in [4.78, 5) is 2.59. The lowest BCUT2D eigenvalue weighted by atomic mass is 9.77. The molecule has 0 radical (unpaired) electrons. The van der Waals surface area contributed by atoms with Crippen LogP contribution >= 0.6 is 0 Å². The summed E-state index contributed by atoms with van der Waals surface area (Å²) in [5, 5.41) is 0. The number of nitrogens with zero attached hydrogens (tertiary/aromatic N) is 1. The molecule has 0 heterocycles. The zero-order chi connectivity index (χ0) is 55.9. The number of hydrogen-bond donors (Lipinski definition) is 0. The van der Waals surface area contributed by atoms with Crippen LogP contribution < -0.4 is 4.90 Å². The molecule has 1 nitrogen and oxygen atoms in total. The summed E-state index contributed by atoms with van der Waals surface area (Å²) in [5.41, 5.74) is 26.9. The maximum atomic E-state index is 2.59. The van der Waals surface area contributed by atoms with Gasteiger partial charge in [-0.1, -0.05) is 269 Å². The highest BCUT2D eigenvalue weighted by Gasteiger charge is 2.37. The molecule has 0 saturated carbocycles. The Morgan fingerprint density at radius 3 is 1.19 bits per heavy atom. The van der Waals surface area contributed by atoms with Crippen molar-refractivity contribution in [1.82, 2.24) is 0 Å². The van der Waals surface area contributed by atoms with Gasteiger partial charge in [0.15, 0.2) is 0 Å². The quantitative estimate of drug-likeness (QED) is 0.147. The van der Waals surface area contributed by atoms with E-state index in [9.17, 15) is 0 Å². The Balaban J connectivity index is 1.30. The van der Waals surface area contributed by atoms with Crippen molar-refractivity contribution in [2.24, 2.45) is 0 Å². The minimum atomic E-state index is -0.196. The first-order valence-electron chi connectivity index (χ1n) is 28.5. The number of benzene rings is 9. The van der Waals surface area contributed by atoms with Gasteiger partial charge in [0.25, 0.3) is 0 Å². The second kappa shape index (κ2) is 19.6. The molecule has 1 aliphatic rings. The molecule has 0 aromatic heterocycles. The van der Waals surface area contributed by atoms with Crippen molar-refractivity contribution in [3.05, 3.63) is 233 Å². The second-order valence-corrected chi connectivity index (χ2v) is 28.1. The maximum Gasteiger partial charge on any atom is 0.0549 e. The molecule has 0 aliphatic heterocycles. The molecule has 0 amide bonds. The standard InChI is InChI=1S/C77H83N/c1-72(2,3)57-40-52(38-53(41-57)55-43-59(74(7,8)9)46-60(44-55)75(10,11)12)54-39-56(45-58(42-54)73(4,5)6)66-47-61(76(13,14)15)48-70(71(66)51-30-22-19-23-31-51)78(69-35-27-25-32-63(69)50-28-20-18-21-29-50)62-36-37-65-64-33-24-26-34-67(64)77(16,17)68(65)49-62/h18-49H,1-17H3. The number of rotatable bonds is 8. The molecule has 1 aliphatic carbocycles. The van der Waals surface area contributed by atoms with Crippen molar-refractivity contribution < 1.29 is 0 Å². The first-order valence-corrected chi connectivity index (χ1v) is 28.5. The Labute approximate surface area is 469 Å². The normalized spacial score (nSPS) is 13.6. The van der Waals surface area contributed by atoms with E-state index in [1.807, 2.05) is 0 Å². The molecule has 9 aromatic rings. The number of fused-ring (bicyclic) bond motifs is 3. The van der Waals surface area contributed by atoms with E-state index < -0.39 is 0 Å². The Bertz CT molecular complexity index is 3670. The molecule has 78 heavy (non-hydrogen) atoms. The highest BCUT2D eigenvalue weighted by atomic mass is 15.1. The van der Waals surface area contributed by atoms with Crippen molar-refractivity contribution in [1.29, 1.82) is 0 Å². The van der Waals surface area contributed by atoms with E-state index in [1.54, 1.807) is 0 Å². The molecule has 0 bridgehead atoms. The third-order valence-corrected chi connectivity index (χ3v) is 16.6. The van der Waals surface area contributed by atoms with Crippen LogP contribution in [0.25, 0.3) is 66.8 Å². The van der Waals surface area contributed by atoms with Crippen LogP contribution in [0.5, 0.6) is 0 Å². The molecule has 396 valence electrons. The highest BCUT2D eigenvalue weighted by Crippen LogP contribution is 2.54. The number of anilines is 3. The molecule has 0 unspecified atom stereocenters. The summed E-state index contributed by atoms with van der Waals surface area (Å²) in [6, 6.07) is 74.6. The second-order valence-electron chi connectivity index (χ2n) is 28.1. The third kappa shape index (κ3) is 10.5. The summed E-state index contributed by atoms with van der Waals surface area (Å²) in [5.74, 6) is 0. The van der Waals surface area contributed by atoms with Gasteiger partial charge in [0.1, 0.15) is 0 Å². The third-order valence-electron chi connectivity index (χ3n) is 16.6. The monoisotopic (exact) mass is 1020 g/mol. The largest absolute Gasteiger partial charge is 0.309 e. The van der Waals surface area contributed by atoms with Gasteiger partial charge in [-0.05, 0) is 164 Å². The Morgan fingerprint density at radius 2 is 0.667 bits per heavy atom. The molecule has 9 aromatic carbocycles. The van der Waals surface area contributed by atoms with E-state index >= 15 is 0 Å². The minimum Gasteiger partial charge on any atom is -0.309 e. The zero-order valence-electron chi connectivity index (χ0n) is 49.9. The van der Waals surface area contributed by atoms with E-state index in [-0.39, 0.29) is 32.5 Å². The maximum absolute atomic E-state index is 2.59. The van der Waals surface area contributed by atoms with Gasteiger partial charge in [-0.25, -0.2) is 0 Å². The lowest BCUT2D eigenvalue weighted by Crippen LogP contribution is -2.19. The summed E-state index contributed by atoms with van der Waals surface area (Å²) in [6.45, 7) is 40.1. The lowest BCUT2D eigenvalue weighted by Gasteiger charge is -2.34. The van der Waals surface area contributed by atoms with Gasteiger partial charge in [0.2, 0.25) is 0 Å². The van der Waals surface area contributed by atoms with E-state index in [1.165, 1.54) is 106 Å². The fourth-order valence-corrected chi connectivity index (χ4v) is 11.6. The lowest BCUT2D eigenvalue weighted by molar-refractivity contribution is 0.569. The summed E-state index contributed by atoms with van der Waals surface area (Å²) in [7, 11) is 0. The predicted octanol–water partition coefficient (Wildman–Crippen LogP) is 22.3. The summed E-state index contributed by atoms with van der Waals surface area (Å²) < 4.78 is 0. The molecular formula is C77H83N. The van der Waals surface area contributed by atoms with Gasteiger partial charge in [-0.15, -0.1) is 0 Å². The van der Waals surface area contributed by atoms with Crippen molar-refractivity contribution in [2.75, 3.05) is 4.90 Å². The van der Waals surface area contributed by atoms with Gasteiger partial charge in [-0.3, -0.25) is 0 Å². The first-order chi connectivity index (χ1) is 36.6. The van der Waals surface area contributed by atoms with Crippen molar-refractivity contribution >= 4 is 17.1 Å². The van der Waals surface area contributed by atoms with Crippen LogP contribution in [-0.4, -0.2) is 0 Å². The van der Waals surface area contributed by atoms with Gasteiger partial charge in [-0.2, -0.15) is 0 Å². The van der Waals surface area contributed by atoms with E-state index in [2.05, 4.69) is 317 Å². The van der Waals surface area contributed by atoms with Crippen LogP contribution in [0.3, 0.4) is 0 Å². The zero-order valence-corrected chi connectivity index (χ0v) is 49.9. The van der Waals surface area contributed by atoms with Crippen molar-refractivity contribution in [3.8, 4) is 66.8 Å². The van der Waals surface area contributed by atoms with Crippen LogP contribution in [0.4, 0.5) is 17.1 Å². The first kappa shape index (κ1) is 54.1. The molecule has 0 N–H and O–H groups in total. The Kier molecular flexibility index (Phi) is 13.6. The molecule has 0 fully saturated rings. The van der Waals surface area contributed by atoms with Crippen molar-refractivity contribution in [3.63, 3.8) is 0 Å². The van der Waals surface area contributed by atoms with E-state index in [0.29, 0.717) is 0 Å². The van der Waals surface area contributed by atoms with Crippen LogP contribution in [0, 0.1) is 0 Å². The summed E-state index contributed by atoms with van der Waals surface area (Å²) >= 11 is 0. The fraction of sp³-hybridized carbons (Fsp3) is 0.299. The smallest absolute Gasteiger partial charge is 0.0549 e. The number of para-hydroxylation sites is 1. The number of hydrogen-bond acceptors (Lipinski definition) is 1.